The monoisotopic (exact) mass is 277 g/mol. The van der Waals surface area contributed by atoms with E-state index in [2.05, 4.69) is 11.8 Å². The van der Waals surface area contributed by atoms with Gasteiger partial charge in [0.15, 0.2) is 11.5 Å². The summed E-state index contributed by atoms with van der Waals surface area (Å²) in [5, 5.41) is 9.28. The van der Waals surface area contributed by atoms with Crippen LogP contribution in [0.5, 0.6) is 11.5 Å². The normalized spacial score (nSPS) is 18.3. The molecule has 108 valence electrons. The van der Waals surface area contributed by atoms with E-state index in [4.69, 9.17) is 9.47 Å². The third-order valence-corrected chi connectivity index (χ3v) is 4.12. The zero-order chi connectivity index (χ0) is 14.2. The van der Waals surface area contributed by atoms with Crippen molar-refractivity contribution in [3.05, 3.63) is 23.8 Å². The summed E-state index contributed by atoms with van der Waals surface area (Å²) in [6, 6.07) is 5.90. The van der Waals surface area contributed by atoms with Gasteiger partial charge < -0.3 is 14.6 Å². The molecular weight excluding hydrogens is 258 g/mol. The fraction of sp³-hybridized carbons (Fsp3) is 0.533. The standard InChI is InChI=1S/C15H19NO4/c1-2-16(9-15(5-6-15)14(17)18)8-11-3-4-12-13(7-11)20-10-19-12/h3-4,7H,2,5-6,8-10H2,1H3,(H,17,18). The molecule has 0 aromatic heterocycles. The van der Waals surface area contributed by atoms with Gasteiger partial charge in [0.2, 0.25) is 6.79 Å². The number of carboxylic acids is 1. The molecule has 0 amide bonds. The summed E-state index contributed by atoms with van der Waals surface area (Å²) in [5.74, 6) is 0.889. The highest BCUT2D eigenvalue weighted by atomic mass is 16.7. The predicted molar refractivity (Wildman–Crippen MR) is 72.8 cm³/mol. The first-order valence-electron chi connectivity index (χ1n) is 6.97. The minimum Gasteiger partial charge on any atom is -0.481 e. The number of carboxylic acid groups (broad SMARTS) is 1. The summed E-state index contributed by atoms with van der Waals surface area (Å²) in [6.07, 6.45) is 1.58. The second-order valence-electron chi connectivity index (χ2n) is 5.58. The van der Waals surface area contributed by atoms with Gasteiger partial charge in [0.05, 0.1) is 5.41 Å². The fourth-order valence-corrected chi connectivity index (χ4v) is 2.60. The molecule has 5 nitrogen and oxygen atoms in total. The van der Waals surface area contributed by atoms with Crippen LogP contribution in [0.2, 0.25) is 0 Å². The molecule has 1 aromatic rings. The van der Waals surface area contributed by atoms with Crippen molar-refractivity contribution in [3.63, 3.8) is 0 Å². The molecule has 1 aliphatic heterocycles. The number of rotatable bonds is 6. The zero-order valence-electron chi connectivity index (χ0n) is 11.6. The third kappa shape index (κ3) is 2.45. The number of ether oxygens (including phenoxy) is 2. The Morgan fingerprint density at radius 3 is 2.75 bits per heavy atom. The topological polar surface area (TPSA) is 59.0 Å². The molecule has 1 aromatic carbocycles. The molecule has 0 bridgehead atoms. The van der Waals surface area contributed by atoms with Gasteiger partial charge in [-0.05, 0) is 37.1 Å². The largest absolute Gasteiger partial charge is 0.481 e. The van der Waals surface area contributed by atoms with Crippen LogP contribution in [-0.2, 0) is 11.3 Å². The lowest BCUT2D eigenvalue weighted by molar-refractivity contribution is -0.144. The Morgan fingerprint density at radius 2 is 2.10 bits per heavy atom. The van der Waals surface area contributed by atoms with E-state index in [1.807, 2.05) is 18.2 Å². The average Bonchev–Trinajstić information content (AvgIpc) is 3.08. The molecule has 20 heavy (non-hydrogen) atoms. The number of hydrogen-bond acceptors (Lipinski definition) is 4. The van der Waals surface area contributed by atoms with Gasteiger partial charge in [0.25, 0.3) is 0 Å². The SMILES string of the molecule is CCN(Cc1ccc2c(c1)OCO2)CC1(C(=O)O)CC1. The zero-order valence-corrected chi connectivity index (χ0v) is 11.6. The van der Waals surface area contributed by atoms with Gasteiger partial charge in [-0.2, -0.15) is 0 Å². The van der Waals surface area contributed by atoms with Crippen molar-refractivity contribution in [3.8, 4) is 11.5 Å². The first-order valence-corrected chi connectivity index (χ1v) is 6.97. The lowest BCUT2D eigenvalue weighted by atomic mass is 10.1. The molecule has 1 saturated carbocycles. The van der Waals surface area contributed by atoms with Crippen molar-refractivity contribution >= 4 is 5.97 Å². The van der Waals surface area contributed by atoms with Crippen molar-refractivity contribution in [1.82, 2.24) is 4.90 Å². The van der Waals surface area contributed by atoms with E-state index in [0.29, 0.717) is 6.54 Å². The highest BCUT2D eigenvalue weighted by molar-refractivity contribution is 5.78. The highest BCUT2D eigenvalue weighted by Gasteiger charge is 2.50. The number of aliphatic carboxylic acids is 1. The molecule has 1 aliphatic carbocycles. The summed E-state index contributed by atoms with van der Waals surface area (Å²) in [4.78, 5) is 13.5. The number of hydrogen-bond donors (Lipinski definition) is 1. The lowest BCUT2D eigenvalue weighted by Crippen LogP contribution is -2.34. The molecule has 1 N–H and O–H groups in total. The summed E-state index contributed by atoms with van der Waals surface area (Å²) in [6.45, 7) is 4.53. The van der Waals surface area contributed by atoms with E-state index in [9.17, 15) is 9.90 Å². The molecule has 1 fully saturated rings. The second-order valence-corrected chi connectivity index (χ2v) is 5.58. The molecule has 0 atom stereocenters. The van der Waals surface area contributed by atoms with Crippen LogP contribution in [0.25, 0.3) is 0 Å². The summed E-state index contributed by atoms with van der Waals surface area (Å²) in [5.41, 5.74) is 0.615. The van der Waals surface area contributed by atoms with Gasteiger partial charge >= 0.3 is 5.97 Å². The van der Waals surface area contributed by atoms with Gasteiger partial charge in [-0.3, -0.25) is 9.69 Å². The molecule has 0 spiro atoms. The summed E-state index contributed by atoms with van der Waals surface area (Å²) in [7, 11) is 0. The van der Waals surface area contributed by atoms with Gasteiger partial charge in [-0.1, -0.05) is 13.0 Å². The van der Waals surface area contributed by atoms with E-state index in [1.54, 1.807) is 0 Å². The third-order valence-electron chi connectivity index (χ3n) is 4.12. The maximum Gasteiger partial charge on any atom is 0.310 e. The molecule has 0 saturated heterocycles. The average molecular weight is 277 g/mol. The Bertz CT molecular complexity index is 525. The van der Waals surface area contributed by atoms with Crippen molar-refractivity contribution in [2.75, 3.05) is 19.9 Å². The van der Waals surface area contributed by atoms with Crippen LogP contribution >= 0.6 is 0 Å². The smallest absolute Gasteiger partial charge is 0.310 e. The van der Waals surface area contributed by atoms with Crippen LogP contribution in [0.1, 0.15) is 25.3 Å². The van der Waals surface area contributed by atoms with Crippen molar-refractivity contribution in [1.29, 1.82) is 0 Å². The van der Waals surface area contributed by atoms with E-state index >= 15 is 0 Å². The number of carbonyl (C=O) groups is 1. The highest BCUT2D eigenvalue weighted by Crippen LogP contribution is 2.46. The first-order chi connectivity index (χ1) is 9.63. The molecule has 2 aliphatic rings. The quantitative estimate of drug-likeness (QED) is 0.863. The van der Waals surface area contributed by atoms with Gasteiger partial charge in [0, 0.05) is 13.1 Å². The van der Waals surface area contributed by atoms with Crippen LogP contribution in [0, 0.1) is 5.41 Å². The predicted octanol–water partition coefficient (Wildman–Crippen LogP) is 2.10. The lowest BCUT2D eigenvalue weighted by Gasteiger charge is -2.24. The Balaban J connectivity index is 1.67. The van der Waals surface area contributed by atoms with E-state index in [0.717, 1.165) is 43.0 Å². The fourth-order valence-electron chi connectivity index (χ4n) is 2.60. The number of benzene rings is 1. The maximum absolute atomic E-state index is 11.3. The van der Waals surface area contributed by atoms with Crippen LogP contribution in [-0.4, -0.2) is 35.9 Å². The van der Waals surface area contributed by atoms with E-state index < -0.39 is 11.4 Å². The molecule has 5 heteroatoms. The van der Waals surface area contributed by atoms with Crippen molar-refractivity contribution in [2.24, 2.45) is 5.41 Å². The summed E-state index contributed by atoms with van der Waals surface area (Å²) >= 11 is 0. The number of nitrogens with zero attached hydrogens (tertiary/aromatic N) is 1. The Labute approximate surface area is 118 Å². The maximum atomic E-state index is 11.3. The number of fused-ring (bicyclic) bond motifs is 1. The van der Waals surface area contributed by atoms with Crippen LogP contribution in [0.3, 0.4) is 0 Å². The minimum atomic E-state index is -0.665. The first kappa shape index (κ1) is 13.2. The Kier molecular flexibility index (Phi) is 3.30. The molecular formula is C15H19NO4. The molecule has 3 rings (SSSR count). The second kappa shape index (κ2) is 4.98. The van der Waals surface area contributed by atoms with E-state index in [1.165, 1.54) is 0 Å². The molecule has 1 heterocycles. The Morgan fingerprint density at radius 1 is 1.35 bits per heavy atom. The van der Waals surface area contributed by atoms with Crippen molar-refractivity contribution < 1.29 is 19.4 Å². The van der Waals surface area contributed by atoms with Crippen LogP contribution in [0.15, 0.2) is 18.2 Å². The van der Waals surface area contributed by atoms with Gasteiger partial charge in [-0.25, -0.2) is 0 Å². The van der Waals surface area contributed by atoms with Crippen LogP contribution in [0.4, 0.5) is 0 Å². The summed E-state index contributed by atoms with van der Waals surface area (Å²) < 4.78 is 10.7. The molecule has 0 radical (unpaired) electrons. The minimum absolute atomic E-state index is 0.276. The Hall–Kier alpha value is -1.75. The van der Waals surface area contributed by atoms with Gasteiger partial charge in [-0.15, -0.1) is 0 Å². The van der Waals surface area contributed by atoms with Crippen LogP contribution < -0.4 is 9.47 Å². The van der Waals surface area contributed by atoms with Gasteiger partial charge in [0.1, 0.15) is 0 Å². The van der Waals surface area contributed by atoms with Crippen molar-refractivity contribution in [2.45, 2.75) is 26.3 Å². The molecule has 0 unspecified atom stereocenters. The van der Waals surface area contributed by atoms with E-state index in [-0.39, 0.29) is 6.79 Å².